The van der Waals surface area contributed by atoms with Gasteiger partial charge >= 0.3 is 6.03 Å². The lowest BCUT2D eigenvalue weighted by Crippen LogP contribution is -2.47. The normalized spacial score (nSPS) is 17.6. The molecule has 3 amide bonds. The third kappa shape index (κ3) is 6.07. The van der Waals surface area contributed by atoms with Crippen molar-refractivity contribution in [1.82, 2.24) is 10.2 Å². The van der Waals surface area contributed by atoms with Gasteiger partial charge in [0.2, 0.25) is 5.91 Å². The van der Waals surface area contributed by atoms with Crippen LogP contribution in [-0.2, 0) is 14.6 Å². The molecule has 166 valence electrons. The zero-order valence-electron chi connectivity index (χ0n) is 18.1. The smallest absolute Gasteiger partial charge is 0.321 e. The third-order valence-corrected chi connectivity index (χ3v) is 6.64. The molecule has 31 heavy (non-hydrogen) atoms. The van der Waals surface area contributed by atoms with Gasteiger partial charge in [0.25, 0.3) is 0 Å². The first-order valence-electron chi connectivity index (χ1n) is 10.4. The second-order valence-corrected chi connectivity index (χ2v) is 10.2. The van der Waals surface area contributed by atoms with Crippen LogP contribution in [0, 0.1) is 12.8 Å². The van der Waals surface area contributed by atoms with E-state index in [0.717, 1.165) is 35.9 Å². The Labute approximate surface area is 183 Å². The van der Waals surface area contributed by atoms with Gasteiger partial charge in [0.05, 0.1) is 16.9 Å². The lowest BCUT2D eigenvalue weighted by Gasteiger charge is -2.32. The average molecular weight is 444 g/mol. The molecule has 8 heteroatoms. The van der Waals surface area contributed by atoms with Gasteiger partial charge in [-0.1, -0.05) is 24.3 Å². The van der Waals surface area contributed by atoms with E-state index in [1.807, 2.05) is 38.1 Å². The summed E-state index contributed by atoms with van der Waals surface area (Å²) in [5, 5.41) is 5.90. The summed E-state index contributed by atoms with van der Waals surface area (Å²) in [4.78, 5) is 27.4. The number of benzene rings is 2. The van der Waals surface area contributed by atoms with Crippen molar-refractivity contribution in [3.8, 4) is 0 Å². The van der Waals surface area contributed by atoms with Crippen molar-refractivity contribution >= 4 is 27.5 Å². The highest BCUT2D eigenvalue weighted by Crippen LogP contribution is 2.21. The lowest BCUT2D eigenvalue weighted by molar-refractivity contribution is -0.126. The van der Waals surface area contributed by atoms with Crippen LogP contribution in [0.25, 0.3) is 0 Å². The van der Waals surface area contributed by atoms with Crippen molar-refractivity contribution in [3.63, 3.8) is 0 Å². The van der Waals surface area contributed by atoms with E-state index in [0.29, 0.717) is 13.1 Å². The SMILES string of the molecule is Cc1cccc(NC(=O)N2CCCC(C(=O)NC(C)c3ccc(S(C)(=O)=O)cc3)C2)c1. The standard InChI is InChI=1S/C23H29N3O4S/c1-16-6-4-8-20(14-16)25-23(28)26-13-5-7-19(15-26)22(27)24-17(2)18-9-11-21(12-10-18)31(3,29)30/h4,6,8-12,14,17,19H,5,7,13,15H2,1-3H3,(H,24,27)(H,25,28). The molecule has 0 bridgehead atoms. The fourth-order valence-corrected chi connectivity index (χ4v) is 4.35. The largest absolute Gasteiger partial charge is 0.349 e. The molecule has 1 heterocycles. The molecule has 2 aromatic rings. The van der Waals surface area contributed by atoms with Crippen molar-refractivity contribution < 1.29 is 18.0 Å². The van der Waals surface area contributed by atoms with Crippen LogP contribution in [0.15, 0.2) is 53.4 Å². The molecular formula is C23H29N3O4S. The Morgan fingerprint density at radius 2 is 1.84 bits per heavy atom. The van der Waals surface area contributed by atoms with E-state index in [-0.39, 0.29) is 28.8 Å². The highest BCUT2D eigenvalue weighted by atomic mass is 32.2. The summed E-state index contributed by atoms with van der Waals surface area (Å²) in [6, 6.07) is 13.7. The lowest BCUT2D eigenvalue weighted by atomic mass is 9.96. The fraction of sp³-hybridized carbons (Fsp3) is 0.391. The second kappa shape index (κ2) is 9.51. The van der Waals surface area contributed by atoms with Gasteiger partial charge in [0.1, 0.15) is 0 Å². The fourth-order valence-electron chi connectivity index (χ4n) is 3.72. The Morgan fingerprint density at radius 3 is 2.48 bits per heavy atom. The summed E-state index contributed by atoms with van der Waals surface area (Å²) < 4.78 is 23.2. The molecule has 1 saturated heterocycles. The van der Waals surface area contributed by atoms with Crippen LogP contribution in [0.4, 0.5) is 10.5 Å². The molecular weight excluding hydrogens is 414 g/mol. The maximum absolute atomic E-state index is 12.8. The average Bonchev–Trinajstić information content (AvgIpc) is 2.73. The number of hydrogen-bond acceptors (Lipinski definition) is 4. The van der Waals surface area contributed by atoms with Gasteiger partial charge in [-0.15, -0.1) is 0 Å². The number of sulfone groups is 1. The van der Waals surface area contributed by atoms with Gasteiger partial charge in [-0.2, -0.15) is 0 Å². The number of anilines is 1. The number of carbonyl (C=O) groups is 2. The first-order valence-corrected chi connectivity index (χ1v) is 12.3. The predicted molar refractivity (Wildman–Crippen MR) is 121 cm³/mol. The van der Waals surface area contributed by atoms with Crippen LogP contribution in [-0.4, -0.2) is 44.6 Å². The van der Waals surface area contributed by atoms with Crippen molar-refractivity contribution in [2.24, 2.45) is 5.92 Å². The zero-order chi connectivity index (χ0) is 22.6. The molecule has 2 N–H and O–H groups in total. The number of likely N-dealkylation sites (tertiary alicyclic amines) is 1. The Morgan fingerprint density at radius 1 is 1.13 bits per heavy atom. The molecule has 0 saturated carbocycles. The van der Waals surface area contributed by atoms with Crippen molar-refractivity contribution in [1.29, 1.82) is 0 Å². The Bertz CT molecular complexity index is 1050. The van der Waals surface area contributed by atoms with E-state index in [1.54, 1.807) is 29.2 Å². The number of carbonyl (C=O) groups excluding carboxylic acids is 2. The summed E-state index contributed by atoms with van der Waals surface area (Å²) >= 11 is 0. The number of amides is 3. The summed E-state index contributed by atoms with van der Waals surface area (Å²) in [6.07, 6.45) is 2.65. The monoisotopic (exact) mass is 443 g/mol. The number of nitrogens with zero attached hydrogens (tertiary/aromatic N) is 1. The minimum atomic E-state index is -3.26. The van der Waals surface area contributed by atoms with Gasteiger partial charge in [0, 0.05) is 25.0 Å². The van der Waals surface area contributed by atoms with E-state index < -0.39 is 9.84 Å². The summed E-state index contributed by atoms with van der Waals surface area (Å²) in [6.45, 7) is 4.80. The number of rotatable bonds is 5. The molecule has 7 nitrogen and oxygen atoms in total. The summed E-state index contributed by atoms with van der Waals surface area (Å²) in [5.41, 5.74) is 2.63. The maximum Gasteiger partial charge on any atom is 0.321 e. The molecule has 2 aromatic carbocycles. The molecule has 2 atom stereocenters. The molecule has 0 spiro atoms. The molecule has 1 aliphatic rings. The molecule has 0 radical (unpaired) electrons. The van der Waals surface area contributed by atoms with E-state index in [1.165, 1.54) is 0 Å². The number of piperidine rings is 1. The van der Waals surface area contributed by atoms with Crippen molar-refractivity contribution in [2.75, 3.05) is 24.7 Å². The highest BCUT2D eigenvalue weighted by Gasteiger charge is 2.29. The number of urea groups is 1. The van der Waals surface area contributed by atoms with Crippen LogP contribution >= 0.6 is 0 Å². The van der Waals surface area contributed by atoms with E-state index in [2.05, 4.69) is 10.6 Å². The Kier molecular flexibility index (Phi) is 7.00. The molecule has 3 rings (SSSR count). The quantitative estimate of drug-likeness (QED) is 0.739. The van der Waals surface area contributed by atoms with Crippen molar-refractivity contribution in [3.05, 3.63) is 59.7 Å². The van der Waals surface area contributed by atoms with E-state index in [9.17, 15) is 18.0 Å². The minimum absolute atomic E-state index is 0.104. The van der Waals surface area contributed by atoms with E-state index >= 15 is 0 Å². The minimum Gasteiger partial charge on any atom is -0.349 e. The van der Waals surface area contributed by atoms with Gasteiger partial charge in [0.15, 0.2) is 9.84 Å². The molecule has 0 aliphatic carbocycles. The third-order valence-electron chi connectivity index (χ3n) is 5.52. The van der Waals surface area contributed by atoms with E-state index in [4.69, 9.17) is 0 Å². The van der Waals surface area contributed by atoms with Crippen LogP contribution in [0.2, 0.25) is 0 Å². The van der Waals surface area contributed by atoms with Crippen LogP contribution in [0.1, 0.15) is 36.9 Å². The highest BCUT2D eigenvalue weighted by molar-refractivity contribution is 7.90. The number of nitrogens with one attached hydrogen (secondary N) is 2. The summed E-state index contributed by atoms with van der Waals surface area (Å²) in [5.74, 6) is -0.387. The Hall–Kier alpha value is -2.87. The van der Waals surface area contributed by atoms with Crippen LogP contribution in [0.5, 0.6) is 0 Å². The first-order chi connectivity index (χ1) is 14.6. The summed E-state index contributed by atoms with van der Waals surface area (Å²) in [7, 11) is -3.26. The second-order valence-electron chi connectivity index (χ2n) is 8.16. The first kappa shape index (κ1) is 22.8. The molecule has 1 aliphatic heterocycles. The van der Waals surface area contributed by atoms with Gasteiger partial charge in [-0.25, -0.2) is 13.2 Å². The molecule has 0 aromatic heterocycles. The van der Waals surface area contributed by atoms with Crippen molar-refractivity contribution in [2.45, 2.75) is 37.6 Å². The van der Waals surface area contributed by atoms with Crippen LogP contribution in [0.3, 0.4) is 0 Å². The van der Waals surface area contributed by atoms with Crippen LogP contribution < -0.4 is 10.6 Å². The topological polar surface area (TPSA) is 95.6 Å². The zero-order valence-corrected chi connectivity index (χ0v) is 18.9. The molecule has 1 fully saturated rings. The van der Waals surface area contributed by atoms with Gasteiger partial charge in [-0.05, 0) is 62.1 Å². The van der Waals surface area contributed by atoms with Gasteiger partial charge < -0.3 is 15.5 Å². The predicted octanol–water partition coefficient (Wildman–Crippen LogP) is 3.52. The number of aryl methyl sites for hydroxylation is 1. The maximum atomic E-state index is 12.8. The Balaban J connectivity index is 1.58. The number of hydrogen-bond donors (Lipinski definition) is 2. The van der Waals surface area contributed by atoms with Gasteiger partial charge in [-0.3, -0.25) is 4.79 Å². The molecule has 2 unspecified atom stereocenters.